The first kappa shape index (κ1) is 19.6. The minimum Gasteiger partial charge on any atom is -0.497 e. The standard InChI is InChI=1S/C18H18ClN3O3S/c1-24-15-9-3-12(16(11-15)25-2)4-10-17(23)21-22-18(26)20-14-7-5-13(19)6-8-14/h3-11H,1-2H3,(H,21,23)(H2,20,22,26)/b10-4+. The zero-order chi connectivity index (χ0) is 18.9. The van der Waals surface area contributed by atoms with Crippen LogP contribution in [0.2, 0.25) is 5.02 Å². The Morgan fingerprint density at radius 3 is 2.46 bits per heavy atom. The van der Waals surface area contributed by atoms with Crippen molar-refractivity contribution < 1.29 is 14.3 Å². The number of rotatable bonds is 5. The normalized spacial score (nSPS) is 10.3. The monoisotopic (exact) mass is 391 g/mol. The van der Waals surface area contributed by atoms with Crippen LogP contribution in [0.3, 0.4) is 0 Å². The van der Waals surface area contributed by atoms with Crippen molar-refractivity contribution in [1.82, 2.24) is 10.9 Å². The van der Waals surface area contributed by atoms with Gasteiger partial charge in [-0.1, -0.05) is 11.6 Å². The van der Waals surface area contributed by atoms with E-state index in [-0.39, 0.29) is 11.0 Å². The van der Waals surface area contributed by atoms with E-state index in [9.17, 15) is 4.79 Å². The van der Waals surface area contributed by atoms with Crippen LogP contribution in [0.5, 0.6) is 11.5 Å². The van der Waals surface area contributed by atoms with Gasteiger partial charge in [0.2, 0.25) is 0 Å². The molecule has 26 heavy (non-hydrogen) atoms. The lowest BCUT2D eigenvalue weighted by atomic mass is 10.1. The quantitative estimate of drug-likeness (QED) is 0.412. The number of halogens is 1. The number of carbonyl (C=O) groups is 1. The number of amides is 1. The molecule has 3 N–H and O–H groups in total. The summed E-state index contributed by atoms with van der Waals surface area (Å²) >= 11 is 10.9. The highest BCUT2D eigenvalue weighted by molar-refractivity contribution is 7.80. The number of thiocarbonyl (C=S) groups is 1. The van der Waals surface area contributed by atoms with Crippen molar-refractivity contribution in [2.45, 2.75) is 0 Å². The molecule has 0 heterocycles. The van der Waals surface area contributed by atoms with Gasteiger partial charge in [-0.05, 0) is 54.7 Å². The van der Waals surface area contributed by atoms with Crippen molar-refractivity contribution in [2.24, 2.45) is 0 Å². The second-order valence-electron chi connectivity index (χ2n) is 5.02. The molecule has 8 heteroatoms. The van der Waals surface area contributed by atoms with E-state index in [0.29, 0.717) is 16.5 Å². The van der Waals surface area contributed by atoms with E-state index in [4.69, 9.17) is 33.3 Å². The van der Waals surface area contributed by atoms with Crippen LogP contribution in [-0.2, 0) is 4.79 Å². The van der Waals surface area contributed by atoms with Gasteiger partial charge in [-0.2, -0.15) is 0 Å². The molecule has 0 aromatic heterocycles. The molecule has 0 fully saturated rings. The number of carbonyl (C=O) groups excluding carboxylic acids is 1. The number of nitrogens with one attached hydrogen (secondary N) is 3. The second kappa shape index (κ2) is 9.65. The highest BCUT2D eigenvalue weighted by Gasteiger charge is 2.04. The molecule has 0 aliphatic rings. The fourth-order valence-corrected chi connectivity index (χ4v) is 2.27. The molecule has 0 aliphatic heterocycles. The average Bonchev–Trinajstić information content (AvgIpc) is 2.66. The van der Waals surface area contributed by atoms with Gasteiger partial charge in [0.1, 0.15) is 11.5 Å². The summed E-state index contributed by atoms with van der Waals surface area (Å²) < 4.78 is 10.4. The summed E-state index contributed by atoms with van der Waals surface area (Å²) in [4.78, 5) is 11.9. The molecule has 6 nitrogen and oxygen atoms in total. The predicted molar refractivity (Wildman–Crippen MR) is 108 cm³/mol. The Labute approximate surface area is 162 Å². The average molecular weight is 392 g/mol. The molecule has 0 aliphatic carbocycles. The first-order valence-corrected chi connectivity index (χ1v) is 8.33. The summed E-state index contributed by atoms with van der Waals surface area (Å²) in [5.41, 5.74) is 6.58. The van der Waals surface area contributed by atoms with E-state index < -0.39 is 0 Å². The summed E-state index contributed by atoms with van der Waals surface area (Å²) in [7, 11) is 3.12. The third-order valence-corrected chi connectivity index (χ3v) is 3.71. The molecule has 0 unspecified atom stereocenters. The number of hydrogen-bond acceptors (Lipinski definition) is 4. The lowest BCUT2D eigenvalue weighted by Gasteiger charge is -2.10. The van der Waals surface area contributed by atoms with E-state index >= 15 is 0 Å². The number of hydrogen-bond donors (Lipinski definition) is 3. The lowest BCUT2D eigenvalue weighted by molar-refractivity contribution is -0.116. The van der Waals surface area contributed by atoms with Crippen LogP contribution in [0.1, 0.15) is 5.56 Å². The largest absolute Gasteiger partial charge is 0.497 e. The van der Waals surface area contributed by atoms with E-state index in [1.807, 2.05) is 0 Å². The topological polar surface area (TPSA) is 71.6 Å². The molecule has 2 aromatic rings. The molecule has 136 valence electrons. The number of anilines is 1. The second-order valence-corrected chi connectivity index (χ2v) is 5.86. The Balaban J connectivity index is 1.87. The van der Waals surface area contributed by atoms with Crippen LogP contribution >= 0.6 is 23.8 Å². The third-order valence-electron chi connectivity index (χ3n) is 3.26. The highest BCUT2D eigenvalue weighted by Crippen LogP contribution is 2.25. The van der Waals surface area contributed by atoms with E-state index in [0.717, 1.165) is 11.3 Å². The van der Waals surface area contributed by atoms with Crippen LogP contribution in [0.4, 0.5) is 5.69 Å². The first-order valence-electron chi connectivity index (χ1n) is 7.54. The third kappa shape index (κ3) is 5.94. The summed E-state index contributed by atoms with van der Waals surface area (Å²) in [5.74, 6) is 0.896. The van der Waals surface area contributed by atoms with Gasteiger partial charge >= 0.3 is 0 Å². The first-order chi connectivity index (χ1) is 12.5. The van der Waals surface area contributed by atoms with Crippen molar-refractivity contribution in [1.29, 1.82) is 0 Å². The number of hydrazine groups is 1. The van der Waals surface area contributed by atoms with Gasteiger partial charge < -0.3 is 14.8 Å². The minimum absolute atomic E-state index is 0.246. The van der Waals surface area contributed by atoms with Gasteiger partial charge in [0.15, 0.2) is 5.11 Å². The van der Waals surface area contributed by atoms with Crippen molar-refractivity contribution in [3.05, 3.63) is 59.1 Å². The lowest BCUT2D eigenvalue weighted by Crippen LogP contribution is -2.43. The molecule has 0 saturated carbocycles. The Morgan fingerprint density at radius 1 is 1.08 bits per heavy atom. The summed E-state index contributed by atoms with van der Waals surface area (Å²) in [6.07, 6.45) is 2.99. The Bertz CT molecular complexity index is 810. The van der Waals surface area contributed by atoms with Gasteiger partial charge in [-0.25, -0.2) is 0 Å². The number of ether oxygens (including phenoxy) is 2. The number of benzene rings is 2. The maximum Gasteiger partial charge on any atom is 0.262 e. The molecule has 0 spiro atoms. The molecule has 0 saturated heterocycles. The fraction of sp³-hybridized carbons (Fsp3) is 0.111. The predicted octanol–water partition coefficient (Wildman–Crippen LogP) is 3.39. The SMILES string of the molecule is COc1ccc(/C=C/C(=O)NNC(=S)Nc2ccc(Cl)cc2)c(OC)c1. The van der Waals surface area contributed by atoms with Gasteiger partial charge in [-0.3, -0.25) is 15.6 Å². The van der Waals surface area contributed by atoms with Crippen LogP contribution in [-0.4, -0.2) is 25.2 Å². The van der Waals surface area contributed by atoms with Gasteiger partial charge in [0.25, 0.3) is 5.91 Å². The fourth-order valence-electron chi connectivity index (χ4n) is 1.98. The zero-order valence-corrected chi connectivity index (χ0v) is 15.8. The van der Waals surface area contributed by atoms with Gasteiger partial charge in [-0.15, -0.1) is 0 Å². The summed E-state index contributed by atoms with van der Waals surface area (Å²) in [5, 5.41) is 3.79. The van der Waals surface area contributed by atoms with Crippen molar-refractivity contribution in [3.63, 3.8) is 0 Å². The maximum absolute atomic E-state index is 11.9. The van der Waals surface area contributed by atoms with Crippen LogP contribution in [0.15, 0.2) is 48.5 Å². The van der Waals surface area contributed by atoms with Crippen molar-refractivity contribution >= 4 is 46.6 Å². The number of methoxy groups -OCH3 is 2. The van der Waals surface area contributed by atoms with Gasteiger partial charge in [0, 0.05) is 28.4 Å². The Morgan fingerprint density at radius 2 is 1.81 bits per heavy atom. The van der Waals surface area contributed by atoms with E-state index in [1.165, 1.54) is 6.08 Å². The van der Waals surface area contributed by atoms with Crippen LogP contribution in [0.25, 0.3) is 6.08 Å². The summed E-state index contributed by atoms with van der Waals surface area (Å²) in [6.45, 7) is 0. The summed E-state index contributed by atoms with van der Waals surface area (Å²) in [6, 6.07) is 12.3. The molecule has 0 radical (unpaired) electrons. The van der Waals surface area contributed by atoms with Crippen LogP contribution < -0.4 is 25.6 Å². The molecule has 2 rings (SSSR count). The van der Waals surface area contributed by atoms with Crippen molar-refractivity contribution in [3.8, 4) is 11.5 Å². The zero-order valence-electron chi connectivity index (χ0n) is 14.2. The Kier molecular flexibility index (Phi) is 7.25. The molecular formula is C18H18ClN3O3S. The maximum atomic E-state index is 11.9. The van der Waals surface area contributed by atoms with Gasteiger partial charge in [0.05, 0.1) is 14.2 Å². The molecule has 2 aromatic carbocycles. The molecule has 0 atom stereocenters. The highest BCUT2D eigenvalue weighted by atomic mass is 35.5. The minimum atomic E-state index is -0.372. The smallest absolute Gasteiger partial charge is 0.262 e. The van der Waals surface area contributed by atoms with Crippen LogP contribution in [0, 0.1) is 0 Å². The molecular weight excluding hydrogens is 374 g/mol. The van der Waals surface area contributed by atoms with E-state index in [2.05, 4.69) is 16.2 Å². The Hall–Kier alpha value is -2.77. The van der Waals surface area contributed by atoms with Crippen molar-refractivity contribution in [2.75, 3.05) is 19.5 Å². The van der Waals surface area contributed by atoms with E-state index in [1.54, 1.807) is 62.8 Å². The molecule has 0 bridgehead atoms. The molecule has 1 amide bonds.